The third-order valence-electron chi connectivity index (χ3n) is 6.51. The molecule has 41 heavy (non-hydrogen) atoms. The number of rotatable bonds is 8. The van der Waals surface area contributed by atoms with E-state index in [1.54, 1.807) is 37.7 Å². The topological polar surface area (TPSA) is 79.1 Å². The van der Waals surface area contributed by atoms with Gasteiger partial charge in [0.05, 0.1) is 40.0 Å². The summed E-state index contributed by atoms with van der Waals surface area (Å²) in [5.74, 6) is 0.524. The van der Waals surface area contributed by atoms with Crippen LogP contribution in [0.25, 0.3) is 6.08 Å². The Labute approximate surface area is 254 Å². The highest BCUT2D eigenvalue weighted by molar-refractivity contribution is 9.10. The SMILES string of the molecule is CCOC(=O)C1=C(C)N=c2s/c(=C\c3cc(Br)c(OCc4ccccc4Cl)c(OC)c3)c(=O)n2[C@@H]1c1ccccc1. The van der Waals surface area contributed by atoms with Crippen molar-refractivity contribution < 1.29 is 19.0 Å². The van der Waals surface area contributed by atoms with E-state index in [0.717, 1.165) is 16.7 Å². The van der Waals surface area contributed by atoms with E-state index in [1.165, 1.54) is 11.3 Å². The van der Waals surface area contributed by atoms with E-state index in [4.69, 9.17) is 25.8 Å². The van der Waals surface area contributed by atoms with Gasteiger partial charge in [0.2, 0.25) is 0 Å². The van der Waals surface area contributed by atoms with Crippen LogP contribution in [0, 0.1) is 0 Å². The van der Waals surface area contributed by atoms with Gasteiger partial charge in [0.25, 0.3) is 5.56 Å². The summed E-state index contributed by atoms with van der Waals surface area (Å²) in [7, 11) is 1.56. The number of carbonyl (C=O) groups excluding carboxylic acids is 1. The number of esters is 1. The van der Waals surface area contributed by atoms with Crippen LogP contribution in [0.4, 0.5) is 0 Å². The molecular formula is C31H26BrClN2O5S. The van der Waals surface area contributed by atoms with Gasteiger partial charge in [-0.05, 0) is 65.2 Å². The molecule has 1 atom stereocenters. The molecule has 0 radical (unpaired) electrons. The monoisotopic (exact) mass is 652 g/mol. The van der Waals surface area contributed by atoms with E-state index in [9.17, 15) is 9.59 Å². The van der Waals surface area contributed by atoms with Crippen LogP contribution in [-0.2, 0) is 16.1 Å². The zero-order valence-corrected chi connectivity index (χ0v) is 25.7. The average Bonchev–Trinajstić information content (AvgIpc) is 3.26. The predicted molar refractivity (Wildman–Crippen MR) is 163 cm³/mol. The maximum Gasteiger partial charge on any atom is 0.338 e. The van der Waals surface area contributed by atoms with E-state index in [2.05, 4.69) is 20.9 Å². The molecule has 4 aromatic rings. The largest absolute Gasteiger partial charge is 0.493 e. The zero-order chi connectivity index (χ0) is 29.1. The second-order valence-corrected chi connectivity index (χ2v) is 11.4. The van der Waals surface area contributed by atoms with Crippen molar-refractivity contribution in [3.8, 4) is 11.5 Å². The fraction of sp³-hybridized carbons (Fsp3) is 0.194. The van der Waals surface area contributed by atoms with Gasteiger partial charge in [0.15, 0.2) is 16.3 Å². The van der Waals surface area contributed by atoms with Crippen LogP contribution >= 0.6 is 38.9 Å². The molecule has 0 saturated carbocycles. The molecule has 1 aliphatic heterocycles. The van der Waals surface area contributed by atoms with E-state index in [-0.39, 0.29) is 18.8 Å². The first-order valence-electron chi connectivity index (χ1n) is 12.8. The first-order valence-corrected chi connectivity index (χ1v) is 14.8. The molecular weight excluding hydrogens is 628 g/mol. The summed E-state index contributed by atoms with van der Waals surface area (Å²) >= 11 is 11.1. The number of thiazole rings is 1. The van der Waals surface area contributed by atoms with Crippen molar-refractivity contribution in [2.75, 3.05) is 13.7 Å². The fourth-order valence-electron chi connectivity index (χ4n) is 4.62. The summed E-state index contributed by atoms with van der Waals surface area (Å²) in [5, 5.41) is 0.616. The number of carbonyl (C=O) groups is 1. The van der Waals surface area contributed by atoms with Crippen LogP contribution in [0.1, 0.15) is 36.6 Å². The van der Waals surface area contributed by atoms with Gasteiger partial charge in [-0.2, -0.15) is 0 Å². The summed E-state index contributed by atoms with van der Waals surface area (Å²) in [6.07, 6.45) is 1.78. The summed E-state index contributed by atoms with van der Waals surface area (Å²) < 4.78 is 19.7. The van der Waals surface area contributed by atoms with Crippen LogP contribution in [0.5, 0.6) is 11.5 Å². The molecule has 0 bridgehead atoms. The molecule has 7 nitrogen and oxygen atoms in total. The number of hydrogen-bond donors (Lipinski definition) is 0. The molecule has 210 valence electrons. The van der Waals surface area contributed by atoms with E-state index in [0.29, 0.717) is 41.6 Å². The van der Waals surface area contributed by atoms with Crippen molar-refractivity contribution in [3.05, 3.63) is 124 Å². The number of aromatic nitrogens is 1. The Kier molecular flexibility index (Phi) is 8.77. The molecule has 0 amide bonds. The lowest BCUT2D eigenvalue weighted by Gasteiger charge is -2.24. The van der Waals surface area contributed by atoms with Gasteiger partial charge < -0.3 is 14.2 Å². The van der Waals surface area contributed by atoms with Crippen molar-refractivity contribution in [1.29, 1.82) is 0 Å². The van der Waals surface area contributed by atoms with Crippen molar-refractivity contribution in [2.45, 2.75) is 26.5 Å². The Bertz CT molecular complexity index is 1830. The Hall–Kier alpha value is -3.66. The van der Waals surface area contributed by atoms with Gasteiger partial charge in [0.1, 0.15) is 6.61 Å². The van der Waals surface area contributed by atoms with E-state index >= 15 is 0 Å². The molecule has 0 saturated heterocycles. The number of benzene rings is 3. The lowest BCUT2D eigenvalue weighted by molar-refractivity contribution is -0.139. The van der Waals surface area contributed by atoms with Crippen LogP contribution in [-0.4, -0.2) is 24.3 Å². The van der Waals surface area contributed by atoms with Crippen molar-refractivity contribution >= 4 is 50.9 Å². The molecule has 1 aromatic heterocycles. The van der Waals surface area contributed by atoms with E-state index < -0.39 is 12.0 Å². The quantitative estimate of drug-likeness (QED) is 0.225. The molecule has 0 N–H and O–H groups in total. The molecule has 3 aromatic carbocycles. The number of ether oxygens (including phenoxy) is 3. The standard InChI is InChI=1S/C31H26BrClN2O5S/c1-4-39-30(37)26-18(2)34-31-35(27(26)20-10-6-5-7-11-20)29(36)25(41-31)16-19-14-22(32)28(24(15-19)38-3)40-17-21-12-8-9-13-23(21)33/h5-16,27H,4,17H2,1-3H3/b25-16-/t27-/m1/s1. The molecule has 1 aliphatic rings. The lowest BCUT2D eigenvalue weighted by Crippen LogP contribution is -2.39. The first kappa shape index (κ1) is 28.9. The van der Waals surface area contributed by atoms with Gasteiger partial charge in [0, 0.05) is 10.6 Å². The molecule has 5 rings (SSSR count). The fourth-order valence-corrected chi connectivity index (χ4v) is 6.43. The molecule has 2 heterocycles. The minimum atomic E-state index is -0.657. The summed E-state index contributed by atoms with van der Waals surface area (Å²) in [6, 6.07) is 19.9. The van der Waals surface area contributed by atoms with Crippen molar-refractivity contribution in [1.82, 2.24) is 4.57 Å². The molecule has 0 aliphatic carbocycles. The number of fused-ring (bicyclic) bond motifs is 1. The number of allylic oxidation sites excluding steroid dienone is 1. The minimum absolute atomic E-state index is 0.219. The third kappa shape index (κ3) is 5.88. The van der Waals surface area contributed by atoms with Crippen LogP contribution in [0.15, 0.2) is 92.3 Å². The second kappa shape index (κ2) is 12.5. The second-order valence-electron chi connectivity index (χ2n) is 9.13. The highest BCUT2D eigenvalue weighted by Gasteiger charge is 2.33. The first-order chi connectivity index (χ1) is 19.8. The van der Waals surface area contributed by atoms with Crippen LogP contribution in [0.3, 0.4) is 0 Å². The van der Waals surface area contributed by atoms with Gasteiger partial charge in [-0.1, -0.05) is 71.5 Å². The average molecular weight is 654 g/mol. The Balaban J connectivity index is 1.57. The van der Waals surface area contributed by atoms with Crippen molar-refractivity contribution in [2.24, 2.45) is 4.99 Å². The number of hydrogen-bond acceptors (Lipinski definition) is 7. The zero-order valence-electron chi connectivity index (χ0n) is 22.5. The maximum atomic E-state index is 13.9. The Morgan fingerprint density at radius 2 is 1.88 bits per heavy atom. The maximum absolute atomic E-state index is 13.9. The van der Waals surface area contributed by atoms with Gasteiger partial charge in [-0.3, -0.25) is 9.36 Å². The van der Waals surface area contributed by atoms with Crippen LogP contribution in [0.2, 0.25) is 5.02 Å². The molecule has 0 unspecified atom stereocenters. The Morgan fingerprint density at radius 3 is 2.59 bits per heavy atom. The predicted octanol–water partition coefficient (Wildman–Crippen LogP) is 5.80. The van der Waals surface area contributed by atoms with Gasteiger partial charge in [-0.25, -0.2) is 9.79 Å². The van der Waals surface area contributed by atoms with E-state index in [1.807, 2.05) is 60.7 Å². The lowest BCUT2D eigenvalue weighted by atomic mass is 9.96. The van der Waals surface area contributed by atoms with Crippen LogP contribution < -0.4 is 24.4 Å². The summed E-state index contributed by atoms with van der Waals surface area (Å²) in [4.78, 5) is 32.0. The summed E-state index contributed by atoms with van der Waals surface area (Å²) in [5.41, 5.74) is 2.98. The molecule has 10 heteroatoms. The van der Waals surface area contributed by atoms with Crippen molar-refractivity contribution in [3.63, 3.8) is 0 Å². The highest BCUT2D eigenvalue weighted by Crippen LogP contribution is 2.38. The number of halogens is 2. The third-order valence-corrected chi connectivity index (χ3v) is 8.45. The number of methoxy groups -OCH3 is 1. The molecule has 0 spiro atoms. The van der Waals surface area contributed by atoms with Gasteiger partial charge >= 0.3 is 5.97 Å². The Morgan fingerprint density at radius 1 is 1.15 bits per heavy atom. The number of nitrogens with zero attached hydrogens (tertiary/aromatic N) is 2. The smallest absolute Gasteiger partial charge is 0.338 e. The van der Waals surface area contributed by atoms with Gasteiger partial charge in [-0.15, -0.1) is 0 Å². The highest BCUT2D eigenvalue weighted by atomic mass is 79.9. The minimum Gasteiger partial charge on any atom is -0.493 e. The molecule has 0 fully saturated rings. The normalized spacial score (nSPS) is 14.9. The summed E-state index contributed by atoms with van der Waals surface area (Å²) in [6.45, 7) is 3.99.